The van der Waals surface area contributed by atoms with E-state index >= 15 is 0 Å². The maximum atomic E-state index is 11.9. The molecular formula is C11H10F3NO4. The third-order valence-corrected chi connectivity index (χ3v) is 2.01. The summed E-state index contributed by atoms with van der Waals surface area (Å²) in [5, 5.41) is 0. The van der Waals surface area contributed by atoms with Gasteiger partial charge in [0, 0.05) is 0 Å². The minimum Gasteiger partial charge on any atom is -0.449 e. The van der Waals surface area contributed by atoms with Crippen LogP contribution in [-0.4, -0.2) is 24.3 Å². The van der Waals surface area contributed by atoms with E-state index in [0.717, 1.165) is 24.3 Å². The van der Waals surface area contributed by atoms with Crippen molar-refractivity contribution in [2.24, 2.45) is 5.73 Å². The molecule has 8 heteroatoms. The van der Waals surface area contributed by atoms with E-state index in [1.165, 1.54) is 6.92 Å². The molecule has 104 valence electrons. The lowest BCUT2D eigenvalue weighted by atomic mass is 10.2. The second-order valence-corrected chi connectivity index (χ2v) is 3.52. The van der Waals surface area contributed by atoms with Gasteiger partial charge < -0.3 is 15.2 Å². The first kappa shape index (κ1) is 14.8. The molecule has 1 aromatic rings. The van der Waals surface area contributed by atoms with Crippen LogP contribution in [0.4, 0.5) is 13.2 Å². The van der Waals surface area contributed by atoms with E-state index in [9.17, 15) is 22.8 Å². The molecule has 2 N–H and O–H groups in total. The maximum Gasteiger partial charge on any atom is 0.573 e. The molecule has 1 atom stereocenters. The fourth-order valence-electron chi connectivity index (χ4n) is 1.08. The number of nitrogens with two attached hydrogens (primary N) is 1. The topological polar surface area (TPSA) is 78.6 Å². The number of carbonyl (C=O) groups is 2. The highest BCUT2D eigenvalue weighted by molar-refractivity contribution is 5.92. The van der Waals surface area contributed by atoms with Crippen molar-refractivity contribution in [2.45, 2.75) is 19.4 Å². The molecule has 0 aliphatic heterocycles. The summed E-state index contributed by atoms with van der Waals surface area (Å²) < 4.78 is 44.0. The van der Waals surface area contributed by atoms with Crippen LogP contribution in [-0.2, 0) is 9.53 Å². The van der Waals surface area contributed by atoms with E-state index in [-0.39, 0.29) is 5.56 Å². The molecule has 0 aliphatic rings. The van der Waals surface area contributed by atoms with E-state index < -0.39 is 30.1 Å². The average Bonchev–Trinajstić information content (AvgIpc) is 2.27. The number of esters is 1. The highest BCUT2D eigenvalue weighted by Crippen LogP contribution is 2.22. The number of rotatable bonds is 4. The SMILES string of the molecule is C[C@@H](OC(=O)c1ccc(OC(F)(F)F)cc1)C(N)=O. The Morgan fingerprint density at radius 3 is 2.16 bits per heavy atom. The largest absolute Gasteiger partial charge is 0.573 e. The summed E-state index contributed by atoms with van der Waals surface area (Å²) in [7, 11) is 0. The Kier molecular flexibility index (Phi) is 4.36. The number of halogens is 3. The monoisotopic (exact) mass is 277 g/mol. The lowest BCUT2D eigenvalue weighted by molar-refractivity contribution is -0.274. The molecule has 0 bridgehead atoms. The summed E-state index contributed by atoms with van der Waals surface area (Å²) in [5.74, 6) is -2.16. The number of amides is 1. The zero-order valence-electron chi connectivity index (χ0n) is 9.73. The molecule has 5 nitrogen and oxygen atoms in total. The van der Waals surface area contributed by atoms with Crippen molar-refractivity contribution >= 4 is 11.9 Å². The minimum absolute atomic E-state index is 0.0253. The van der Waals surface area contributed by atoms with Crippen LogP contribution in [0.25, 0.3) is 0 Å². The van der Waals surface area contributed by atoms with Gasteiger partial charge in [-0.2, -0.15) is 0 Å². The van der Waals surface area contributed by atoms with Gasteiger partial charge in [0.2, 0.25) is 0 Å². The van der Waals surface area contributed by atoms with E-state index in [2.05, 4.69) is 9.47 Å². The summed E-state index contributed by atoms with van der Waals surface area (Å²) in [6.07, 6.45) is -5.93. The molecule has 0 saturated heterocycles. The molecule has 19 heavy (non-hydrogen) atoms. The summed E-state index contributed by atoms with van der Waals surface area (Å²) in [4.78, 5) is 22.1. The van der Waals surface area contributed by atoms with Crippen LogP contribution in [0, 0.1) is 0 Å². The zero-order chi connectivity index (χ0) is 14.6. The van der Waals surface area contributed by atoms with Gasteiger partial charge in [-0.25, -0.2) is 4.79 Å². The Bertz CT molecular complexity index is 470. The van der Waals surface area contributed by atoms with Crippen LogP contribution in [0.1, 0.15) is 17.3 Å². The van der Waals surface area contributed by atoms with Crippen molar-refractivity contribution in [3.8, 4) is 5.75 Å². The average molecular weight is 277 g/mol. The van der Waals surface area contributed by atoms with E-state index in [4.69, 9.17) is 5.73 Å². The molecule has 0 radical (unpaired) electrons. The van der Waals surface area contributed by atoms with Crippen molar-refractivity contribution in [1.29, 1.82) is 0 Å². The van der Waals surface area contributed by atoms with Crippen molar-refractivity contribution in [2.75, 3.05) is 0 Å². The number of primary amides is 1. The fraction of sp³-hybridized carbons (Fsp3) is 0.273. The molecule has 0 unspecified atom stereocenters. The third kappa shape index (κ3) is 4.86. The van der Waals surface area contributed by atoms with Gasteiger partial charge in [0.25, 0.3) is 5.91 Å². The molecule has 0 aliphatic carbocycles. The quantitative estimate of drug-likeness (QED) is 0.848. The molecule has 1 aromatic carbocycles. The van der Waals surface area contributed by atoms with Crippen molar-refractivity contribution in [1.82, 2.24) is 0 Å². The van der Waals surface area contributed by atoms with Crippen LogP contribution < -0.4 is 10.5 Å². The van der Waals surface area contributed by atoms with Crippen LogP contribution in [0.3, 0.4) is 0 Å². The lowest BCUT2D eigenvalue weighted by Gasteiger charge is -2.11. The Labute approximate surface area is 106 Å². The number of carbonyl (C=O) groups excluding carboxylic acids is 2. The summed E-state index contributed by atoms with van der Waals surface area (Å²) in [5.41, 5.74) is 4.87. The molecule has 0 heterocycles. The van der Waals surface area contributed by atoms with Crippen LogP contribution in [0.2, 0.25) is 0 Å². The van der Waals surface area contributed by atoms with Crippen LogP contribution in [0.5, 0.6) is 5.75 Å². The molecule has 0 fully saturated rings. The summed E-state index contributed by atoms with van der Waals surface area (Å²) in [6.45, 7) is 1.28. The maximum absolute atomic E-state index is 11.9. The van der Waals surface area contributed by atoms with E-state index in [0.29, 0.717) is 0 Å². The van der Waals surface area contributed by atoms with Crippen molar-refractivity contribution in [3.63, 3.8) is 0 Å². The number of hydrogen-bond acceptors (Lipinski definition) is 4. The predicted octanol–water partition coefficient (Wildman–Crippen LogP) is 1.62. The van der Waals surface area contributed by atoms with Crippen LogP contribution >= 0.6 is 0 Å². The number of ether oxygens (including phenoxy) is 2. The molecule has 1 amide bonds. The second kappa shape index (κ2) is 5.59. The van der Waals surface area contributed by atoms with Gasteiger partial charge in [0.15, 0.2) is 6.10 Å². The summed E-state index contributed by atoms with van der Waals surface area (Å²) >= 11 is 0. The van der Waals surface area contributed by atoms with E-state index in [1.54, 1.807) is 0 Å². The normalized spacial score (nSPS) is 12.6. The standard InChI is InChI=1S/C11H10F3NO4/c1-6(9(15)16)18-10(17)7-2-4-8(5-3-7)19-11(12,13)14/h2-6H,1H3,(H2,15,16)/t6-/m1/s1. The van der Waals surface area contributed by atoms with Gasteiger partial charge in [-0.3, -0.25) is 4.79 Å². The highest BCUT2D eigenvalue weighted by atomic mass is 19.4. The Morgan fingerprint density at radius 1 is 1.21 bits per heavy atom. The first-order valence-electron chi connectivity index (χ1n) is 5.05. The number of benzene rings is 1. The van der Waals surface area contributed by atoms with Gasteiger partial charge in [-0.1, -0.05) is 0 Å². The first-order valence-corrected chi connectivity index (χ1v) is 5.05. The lowest BCUT2D eigenvalue weighted by Crippen LogP contribution is -2.30. The molecule has 0 saturated carbocycles. The smallest absolute Gasteiger partial charge is 0.449 e. The van der Waals surface area contributed by atoms with E-state index in [1.807, 2.05) is 0 Å². The Hall–Kier alpha value is -2.25. The Morgan fingerprint density at radius 2 is 1.74 bits per heavy atom. The first-order chi connectivity index (χ1) is 8.69. The van der Waals surface area contributed by atoms with Gasteiger partial charge in [0.05, 0.1) is 5.56 Å². The van der Waals surface area contributed by atoms with Gasteiger partial charge in [-0.05, 0) is 31.2 Å². The Balaban J connectivity index is 2.71. The molecule has 0 aromatic heterocycles. The minimum atomic E-state index is -4.80. The zero-order valence-corrected chi connectivity index (χ0v) is 9.73. The van der Waals surface area contributed by atoms with Crippen LogP contribution in [0.15, 0.2) is 24.3 Å². The van der Waals surface area contributed by atoms with Gasteiger partial charge >= 0.3 is 12.3 Å². The fourth-order valence-corrected chi connectivity index (χ4v) is 1.08. The third-order valence-electron chi connectivity index (χ3n) is 2.01. The second-order valence-electron chi connectivity index (χ2n) is 3.52. The van der Waals surface area contributed by atoms with Crippen molar-refractivity contribution in [3.05, 3.63) is 29.8 Å². The summed E-state index contributed by atoms with van der Waals surface area (Å²) in [6, 6.07) is 4.08. The highest BCUT2D eigenvalue weighted by Gasteiger charge is 2.31. The van der Waals surface area contributed by atoms with Gasteiger partial charge in [0.1, 0.15) is 5.75 Å². The predicted molar refractivity (Wildman–Crippen MR) is 57.2 cm³/mol. The molecule has 0 spiro atoms. The number of alkyl halides is 3. The molecular weight excluding hydrogens is 267 g/mol. The van der Waals surface area contributed by atoms with Gasteiger partial charge in [-0.15, -0.1) is 13.2 Å². The number of hydrogen-bond donors (Lipinski definition) is 1. The van der Waals surface area contributed by atoms with Crippen molar-refractivity contribution < 1.29 is 32.2 Å². The molecule has 1 rings (SSSR count).